The highest BCUT2D eigenvalue weighted by Crippen LogP contribution is 2.29. The largest absolute Gasteiger partial charge is 0.266 e. The van der Waals surface area contributed by atoms with Crippen LogP contribution >= 0.6 is 38.5 Å². The molecule has 1 heterocycles. The van der Waals surface area contributed by atoms with Crippen LogP contribution in [0.25, 0.3) is 0 Å². The molecule has 0 aliphatic rings. The zero-order valence-corrected chi connectivity index (χ0v) is 9.86. The third kappa shape index (κ3) is 2.12. The molecule has 0 bridgehead atoms. The molecule has 12 heavy (non-hydrogen) atoms. The zero-order valence-electron chi connectivity index (χ0n) is 6.11. The van der Waals surface area contributed by atoms with Gasteiger partial charge in [-0.25, -0.2) is 13.8 Å². The summed E-state index contributed by atoms with van der Waals surface area (Å²) in [5, 5.41) is 0. The van der Waals surface area contributed by atoms with Crippen LogP contribution in [0.4, 0.5) is 8.78 Å². The Morgan fingerprint density at radius 1 is 1.58 bits per heavy atom. The van der Waals surface area contributed by atoms with E-state index in [1.54, 1.807) is 13.0 Å². The fourth-order valence-electron chi connectivity index (χ4n) is 0.868. The van der Waals surface area contributed by atoms with Gasteiger partial charge in [0.05, 0.1) is 5.56 Å². The van der Waals surface area contributed by atoms with Gasteiger partial charge in [-0.2, -0.15) is 0 Å². The molecule has 1 nitrogen and oxygen atoms in total. The van der Waals surface area contributed by atoms with E-state index in [0.29, 0.717) is 9.26 Å². The van der Waals surface area contributed by atoms with Crippen LogP contribution in [0.15, 0.2) is 10.7 Å². The monoisotopic (exact) mass is 347 g/mol. The number of alkyl halides is 2. The average molecular weight is 348 g/mol. The molecule has 1 aromatic heterocycles. The third-order valence-electron chi connectivity index (χ3n) is 1.41. The predicted octanol–water partition coefficient (Wildman–Crippen LogP) is 3.69. The molecule has 0 aromatic carbocycles. The number of hydrogen-bond acceptors (Lipinski definition) is 1. The van der Waals surface area contributed by atoms with E-state index in [4.69, 9.17) is 0 Å². The number of hydrogen-bond donors (Lipinski definition) is 0. The second kappa shape index (κ2) is 3.95. The fourth-order valence-corrected chi connectivity index (χ4v) is 2.58. The number of aryl methyl sites for hydroxylation is 1. The van der Waals surface area contributed by atoms with Crippen molar-refractivity contribution >= 4 is 38.5 Å². The van der Waals surface area contributed by atoms with Crippen molar-refractivity contribution in [1.82, 2.24) is 4.98 Å². The highest BCUT2D eigenvalue weighted by Gasteiger charge is 2.16. The molecule has 1 rings (SSSR count). The number of nitrogens with zero attached hydrogens (tertiary/aromatic N) is 1. The molecule has 0 spiro atoms. The van der Waals surface area contributed by atoms with Gasteiger partial charge in [0.15, 0.2) is 0 Å². The molecule has 5 heteroatoms. The smallest absolute Gasteiger partial charge is 0.234 e. The first kappa shape index (κ1) is 10.3. The maximum absolute atomic E-state index is 12.3. The topological polar surface area (TPSA) is 12.9 Å². The van der Waals surface area contributed by atoms with Gasteiger partial charge in [-0.3, -0.25) is 0 Å². The van der Waals surface area contributed by atoms with Crippen molar-refractivity contribution in [2.45, 2.75) is 13.3 Å². The van der Waals surface area contributed by atoms with Crippen molar-refractivity contribution in [3.63, 3.8) is 0 Å². The van der Waals surface area contributed by atoms with Gasteiger partial charge >= 0.3 is 0 Å². The van der Waals surface area contributed by atoms with Crippen LogP contribution in [0, 0.1) is 10.6 Å². The molecule has 0 atom stereocenters. The van der Waals surface area contributed by atoms with Crippen LogP contribution in [0.1, 0.15) is 17.6 Å². The predicted molar refractivity (Wildman–Crippen MR) is 54.3 cm³/mol. The van der Waals surface area contributed by atoms with Crippen molar-refractivity contribution in [2.24, 2.45) is 0 Å². The van der Waals surface area contributed by atoms with Crippen LogP contribution in [0.3, 0.4) is 0 Å². The van der Waals surface area contributed by atoms with E-state index in [0.717, 1.165) is 0 Å². The van der Waals surface area contributed by atoms with E-state index >= 15 is 0 Å². The standard InChI is InChI=1S/C7H5BrF2IN/c1-3-2-4(11)12-6(8)5(3)7(9)10/h2,7H,1H3. The summed E-state index contributed by atoms with van der Waals surface area (Å²) in [6.07, 6.45) is -2.47. The van der Waals surface area contributed by atoms with E-state index in [-0.39, 0.29) is 10.2 Å². The molecule has 0 amide bonds. The molecule has 0 N–H and O–H groups in total. The Morgan fingerprint density at radius 3 is 2.58 bits per heavy atom. The molecular weight excluding hydrogens is 343 g/mol. The van der Waals surface area contributed by atoms with Gasteiger partial charge in [0.25, 0.3) is 6.43 Å². The molecular formula is C7H5BrF2IN. The number of pyridine rings is 1. The van der Waals surface area contributed by atoms with E-state index in [1.807, 2.05) is 22.6 Å². The van der Waals surface area contributed by atoms with Crippen LogP contribution in [-0.4, -0.2) is 4.98 Å². The summed E-state index contributed by atoms with van der Waals surface area (Å²) in [6.45, 7) is 1.65. The molecule has 0 radical (unpaired) electrons. The van der Waals surface area contributed by atoms with Crippen LogP contribution in [0.5, 0.6) is 0 Å². The van der Waals surface area contributed by atoms with Gasteiger partial charge in [-0.05, 0) is 57.1 Å². The number of halogens is 4. The Morgan fingerprint density at radius 2 is 2.17 bits per heavy atom. The molecule has 0 aliphatic heterocycles. The lowest BCUT2D eigenvalue weighted by Gasteiger charge is -2.06. The SMILES string of the molecule is Cc1cc(I)nc(Br)c1C(F)F. The first-order chi connectivity index (χ1) is 5.52. The summed E-state index contributed by atoms with van der Waals surface area (Å²) in [4.78, 5) is 3.88. The molecule has 0 fully saturated rings. The van der Waals surface area contributed by atoms with Crippen LogP contribution in [-0.2, 0) is 0 Å². The quantitative estimate of drug-likeness (QED) is 0.557. The summed E-state index contributed by atoms with van der Waals surface area (Å²) in [5.74, 6) is 0. The van der Waals surface area contributed by atoms with Crippen molar-refractivity contribution < 1.29 is 8.78 Å². The van der Waals surface area contributed by atoms with Crippen molar-refractivity contribution in [3.8, 4) is 0 Å². The summed E-state index contributed by atoms with van der Waals surface area (Å²) in [7, 11) is 0. The van der Waals surface area contributed by atoms with Crippen molar-refractivity contribution in [1.29, 1.82) is 0 Å². The minimum absolute atomic E-state index is 0.0181. The normalized spacial score (nSPS) is 10.8. The van der Waals surface area contributed by atoms with Crippen LogP contribution in [0.2, 0.25) is 0 Å². The van der Waals surface area contributed by atoms with Crippen LogP contribution < -0.4 is 0 Å². The second-order valence-corrected chi connectivity index (χ2v) is 4.12. The summed E-state index contributed by atoms with van der Waals surface area (Å²) >= 11 is 4.99. The highest BCUT2D eigenvalue weighted by molar-refractivity contribution is 14.1. The minimum atomic E-state index is -2.47. The van der Waals surface area contributed by atoms with E-state index in [2.05, 4.69) is 20.9 Å². The molecule has 66 valence electrons. The Hall–Kier alpha value is 0.220. The van der Waals surface area contributed by atoms with Gasteiger partial charge in [0.1, 0.15) is 8.30 Å². The van der Waals surface area contributed by atoms with Gasteiger partial charge < -0.3 is 0 Å². The first-order valence-electron chi connectivity index (χ1n) is 3.13. The van der Waals surface area contributed by atoms with Crippen molar-refractivity contribution in [2.75, 3.05) is 0 Å². The van der Waals surface area contributed by atoms with E-state index in [1.165, 1.54) is 0 Å². The lowest BCUT2D eigenvalue weighted by Crippen LogP contribution is -1.95. The lowest BCUT2D eigenvalue weighted by atomic mass is 10.2. The average Bonchev–Trinajstić information content (AvgIpc) is 1.82. The Bertz CT molecular complexity index is 280. The van der Waals surface area contributed by atoms with Gasteiger partial charge in [-0.1, -0.05) is 0 Å². The molecule has 1 aromatic rings. The minimum Gasteiger partial charge on any atom is -0.234 e. The van der Waals surface area contributed by atoms with Gasteiger partial charge in [0, 0.05) is 0 Å². The third-order valence-corrected chi connectivity index (χ3v) is 2.56. The number of rotatable bonds is 1. The number of aromatic nitrogens is 1. The van der Waals surface area contributed by atoms with Gasteiger partial charge in [0.2, 0.25) is 0 Å². The maximum Gasteiger partial charge on any atom is 0.266 e. The maximum atomic E-state index is 12.3. The highest BCUT2D eigenvalue weighted by atomic mass is 127. The van der Waals surface area contributed by atoms with E-state index in [9.17, 15) is 8.78 Å². The molecule has 0 saturated carbocycles. The van der Waals surface area contributed by atoms with Gasteiger partial charge in [-0.15, -0.1) is 0 Å². The lowest BCUT2D eigenvalue weighted by molar-refractivity contribution is 0.149. The Labute approximate surface area is 90.8 Å². The van der Waals surface area contributed by atoms with Crippen molar-refractivity contribution in [3.05, 3.63) is 25.5 Å². The Balaban J connectivity index is 3.28. The molecule has 0 unspecified atom stereocenters. The van der Waals surface area contributed by atoms with E-state index < -0.39 is 6.43 Å². The molecule has 0 saturated heterocycles. The summed E-state index contributed by atoms with van der Waals surface area (Å²) < 4.78 is 25.6. The first-order valence-corrected chi connectivity index (χ1v) is 5.00. The second-order valence-electron chi connectivity index (χ2n) is 2.27. The fraction of sp³-hybridized carbons (Fsp3) is 0.286. The molecule has 0 aliphatic carbocycles. The summed E-state index contributed by atoms with van der Waals surface area (Å²) in [6, 6.07) is 1.63. The Kier molecular flexibility index (Phi) is 3.39. The summed E-state index contributed by atoms with van der Waals surface area (Å²) in [5.41, 5.74) is 0.548. The zero-order chi connectivity index (χ0) is 9.30.